The minimum atomic E-state index is -4.43. The van der Waals surface area contributed by atoms with Gasteiger partial charge in [0.1, 0.15) is 12.1 Å². The van der Waals surface area contributed by atoms with Crippen LogP contribution in [0.4, 0.5) is 13.2 Å². The van der Waals surface area contributed by atoms with E-state index in [0.717, 1.165) is 0 Å². The van der Waals surface area contributed by atoms with Gasteiger partial charge < -0.3 is 9.84 Å². The van der Waals surface area contributed by atoms with Crippen LogP contribution in [-0.2, 0) is 9.53 Å². The molecule has 0 saturated heterocycles. The Balaban J connectivity index is 2.60. The number of alkyl halides is 3. The first-order chi connectivity index (χ1) is 7.82. The van der Waals surface area contributed by atoms with Gasteiger partial charge in [-0.1, -0.05) is 6.92 Å². The van der Waals surface area contributed by atoms with Gasteiger partial charge in [-0.15, -0.1) is 0 Å². The maximum atomic E-state index is 11.9. The third kappa shape index (κ3) is 3.85. The minimum Gasteiger partial charge on any atom is -0.480 e. The number of carboxylic acids is 1. The molecule has 1 unspecified atom stereocenters. The van der Waals surface area contributed by atoms with Crippen LogP contribution >= 0.6 is 0 Å². The molecule has 0 radical (unpaired) electrons. The molecule has 0 bridgehead atoms. The summed E-state index contributed by atoms with van der Waals surface area (Å²) in [4.78, 5) is 11.2. The number of likely N-dealkylation sites (N-methyl/N-ethyl adjacent to an activating group) is 1. The van der Waals surface area contributed by atoms with Gasteiger partial charge in [0.2, 0.25) is 0 Å². The highest BCUT2D eigenvalue weighted by atomic mass is 19.4. The molecule has 1 saturated carbocycles. The van der Waals surface area contributed by atoms with E-state index >= 15 is 0 Å². The van der Waals surface area contributed by atoms with Crippen molar-refractivity contribution in [3.8, 4) is 0 Å². The van der Waals surface area contributed by atoms with E-state index in [1.54, 1.807) is 6.92 Å². The lowest BCUT2D eigenvalue weighted by Gasteiger charge is -2.30. The molecule has 7 heteroatoms. The van der Waals surface area contributed by atoms with Crippen LogP contribution in [0.3, 0.4) is 0 Å². The van der Waals surface area contributed by atoms with E-state index in [4.69, 9.17) is 0 Å². The summed E-state index contributed by atoms with van der Waals surface area (Å²) in [5.41, 5.74) is -1.37. The van der Waals surface area contributed by atoms with Gasteiger partial charge in [-0.05, 0) is 25.3 Å². The Morgan fingerprint density at radius 3 is 2.35 bits per heavy atom. The van der Waals surface area contributed by atoms with Gasteiger partial charge in [-0.25, -0.2) is 0 Å². The molecule has 17 heavy (non-hydrogen) atoms. The van der Waals surface area contributed by atoms with E-state index in [-0.39, 0.29) is 5.92 Å². The van der Waals surface area contributed by atoms with Crippen molar-refractivity contribution in [1.82, 2.24) is 5.32 Å². The molecule has 4 nitrogen and oxygen atoms in total. The highest BCUT2D eigenvalue weighted by Crippen LogP contribution is 2.40. The van der Waals surface area contributed by atoms with Crippen LogP contribution in [-0.4, -0.2) is 42.5 Å². The van der Waals surface area contributed by atoms with Crippen molar-refractivity contribution in [3.05, 3.63) is 0 Å². The Hall–Kier alpha value is -0.820. The van der Waals surface area contributed by atoms with Crippen LogP contribution in [0.1, 0.15) is 19.8 Å². The second-order valence-electron chi connectivity index (χ2n) is 4.19. The number of ether oxygens (including phenoxy) is 1. The van der Waals surface area contributed by atoms with Gasteiger partial charge in [0.25, 0.3) is 0 Å². The summed E-state index contributed by atoms with van der Waals surface area (Å²) in [6.45, 7) is 0.211. The van der Waals surface area contributed by atoms with Gasteiger partial charge in [0.15, 0.2) is 0 Å². The fraction of sp³-hybridized carbons (Fsp3) is 0.900. The SMILES string of the molecule is CCNC(COCC(F)(F)F)(C(=O)O)C1CC1. The molecule has 0 spiro atoms. The lowest BCUT2D eigenvalue weighted by Crippen LogP contribution is -2.57. The first-order valence-corrected chi connectivity index (χ1v) is 5.44. The summed E-state index contributed by atoms with van der Waals surface area (Å²) in [6, 6.07) is 0. The van der Waals surface area contributed by atoms with Crippen molar-refractivity contribution < 1.29 is 27.8 Å². The fourth-order valence-electron chi connectivity index (χ4n) is 1.84. The third-order valence-corrected chi connectivity index (χ3v) is 2.74. The Morgan fingerprint density at radius 2 is 2.00 bits per heavy atom. The number of nitrogens with one attached hydrogen (secondary N) is 1. The molecular weight excluding hydrogens is 239 g/mol. The molecule has 1 aliphatic rings. The van der Waals surface area contributed by atoms with Crippen LogP contribution in [0.5, 0.6) is 0 Å². The standard InChI is InChI=1S/C10H16F3NO3/c1-2-14-9(8(15)16,7-3-4-7)5-17-6-10(11,12)13/h7,14H,2-6H2,1H3,(H,15,16). The summed E-state index contributed by atoms with van der Waals surface area (Å²) in [5.74, 6) is -1.29. The minimum absolute atomic E-state index is 0.145. The van der Waals surface area contributed by atoms with Gasteiger partial charge >= 0.3 is 12.1 Å². The molecule has 100 valence electrons. The maximum absolute atomic E-state index is 11.9. The summed E-state index contributed by atoms with van der Waals surface area (Å²) >= 11 is 0. The van der Waals surface area contributed by atoms with Crippen molar-refractivity contribution >= 4 is 5.97 Å². The van der Waals surface area contributed by atoms with Crippen molar-refractivity contribution in [2.45, 2.75) is 31.5 Å². The normalized spacial score (nSPS) is 20.0. The van der Waals surface area contributed by atoms with Crippen LogP contribution < -0.4 is 5.32 Å². The molecule has 0 amide bonds. The number of aliphatic carboxylic acids is 1. The van der Waals surface area contributed by atoms with E-state index < -0.39 is 30.9 Å². The van der Waals surface area contributed by atoms with Gasteiger partial charge in [0.05, 0.1) is 6.61 Å². The number of hydrogen-bond donors (Lipinski definition) is 2. The van der Waals surface area contributed by atoms with Gasteiger partial charge in [-0.3, -0.25) is 10.1 Å². The topological polar surface area (TPSA) is 58.6 Å². The zero-order valence-electron chi connectivity index (χ0n) is 9.51. The van der Waals surface area contributed by atoms with Gasteiger partial charge in [0, 0.05) is 0 Å². The second-order valence-corrected chi connectivity index (χ2v) is 4.19. The van der Waals surface area contributed by atoms with E-state index in [2.05, 4.69) is 10.1 Å². The Kier molecular flexibility index (Phi) is 4.37. The fourth-order valence-corrected chi connectivity index (χ4v) is 1.84. The predicted octanol–water partition coefficient (Wildman–Crippen LogP) is 1.41. The first kappa shape index (κ1) is 14.2. The summed E-state index contributed by atoms with van der Waals surface area (Å²) in [5, 5.41) is 11.9. The monoisotopic (exact) mass is 255 g/mol. The lowest BCUT2D eigenvalue weighted by atomic mass is 9.94. The molecule has 1 fully saturated rings. The number of carboxylic acid groups (broad SMARTS) is 1. The first-order valence-electron chi connectivity index (χ1n) is 5.44. The summed E-state index contributed by atoms with van der Waals surface area (Å²) in [6.07, 6.45) is -3.02. The quantitative estimate of drug-likeness (QED) is 0.722. The van der Waals surface area contributed by atoms with Crippen molar-refractivity contribution in [2.24, 2.45) is 5.92 Å². The van der Waals surface area contributed by atoms with E-state index in [9.17, 15) is 23.1 Å². The lowest BCUT2D eigenvalue weighted by molar-refractivity contribution is -0.183. The number of hydrogen-bond acceptors (Lipinski definition) is 3. The maximum Gasteiger partial charge on any atom is 0.411 e. The Labute approximate surface area is 97.1 Å². The van der Waals surface area contributed by atoms with E-state index in [0.29, 0.717) is 19.4 Å². The molecule has 1 atom stereocenters. The number of rotatable bonds is 7. The molecule has 2 N–H and O–H groups in total. The number of carbonyl (C=O) groups is 1. The van der Waals surface area contributed by atoms with E-state index in [1.807, 2.05) is 0 Å². The van der Waals surface area contributed by atoms with Crippen molar-refractivity contribution in [1.29, 1.82) is 0 Å². The molecule has 0 heterocycles. The molecule has 1 aliphatic carbocycles. The average Bonchev–Trinajstić information content (AvgIpc) is 2.97. The number of halogens is 3. The third-order valence-electron chi connectivity index (χ3n) is 2.74. The summed E-state index contributed by atoms with van der Waals surface area (Å²) < 4.78 is 40.3. The van der Waals surface area contributed by atoms with Crippen LogP contribution in [0.15, 0.2) is 0 Å². The van der Waals surface area contributed by atoms with Crippen LogP contribution in [0.25, 0.3) is 0 Å². The molecule has 0 aromatic rings. The van der Waals surface area contributed by atoms with Crippen molar-refractivity contribution in [3.63, 3.8) is 0 Å². The molecule has 0 aromatic heterocycles. The molecule has 0 aliphatic heterocycles. The predicted molar refractivity (Wildman–Crippen MR) is 53.6 cm³/mol. The highest BCUT2D eigenvalue weighted by molar-refractivity contribution is 5.80. The van der Waals surface area contributed by atoms with Crippen LogP contribution in [0.2, 0.25) is 0 Å². The van der Waals surface area contributed by atoms with E-state index in [1.165, 1.54) is 0 Å². The zero-order valence-corrected chi connectivity index (χ0v) is 9.51. The Morgan fingerprint density at radius 1 is 1.41 bits per heavy atom. The zero-order chi connectivity index (χ0) is 13.1. The smallest absolute Gasteiger partial charge is 0.411 e. The van der Waals surface area contributed by atoms with Crippen molar-refractivity contribution in [2.75, 3.05) is 19.8 Å². The Bertz CT molecular complexity index is 278. The highest BCUT2D eigenvalue weighted by Gasteiger charge is 2.51. The van der Waals surface area contributed by atoms with Crippen LogP contribution in [0, 0.1) is 5.92 Å². The second kappa shape index (κ2) is 5.22. The summed E-state index contributed by atoms with van der Waals surface area (Å²) in [7, 11) is 0. The average molecular weight is 255 g/mol. The van der Waals surface area contributed by atoms with Gasteiger partial charge in [-0.2, -0.15) is 13.2 Å². The molecule has 1 rings (SSSR count). The largest absolute Gasteiger partial charge is 0.480 e. The molecule has 0 aromatic carbocycles. The molecular formula is C10H16F3NO3.